The number of nitrogens with zero attached hydrogens (tertiary/aromatic N) is 4. The molecule has 1 aromatic carbocycles. The van der Waals surface area contributed by atoms with E-state index in [9.17, 15) is 9.59 Å². The van der Waals surface area contributed by atoms with Crippen molar-refractivity contribution in [2.24, 2.45) is 0 Å². The standard InChI is InChI=1S/C24H26N6O2/c1-2-25-23(31)18-5-7-19(8-6-18)29-12-10-28(11-13-29)16-17-14-20-22(26-15-17)21-4-3-9-30(21)24(32)27-20/h3-9,14-15H,2,10-13,16H2,1H3,(H,25,31)(H,27,32). The third kappa shape index (κ3) is 3.85. The number of fused-ring (bicyclic) bond motifs is 3. The van der Waals surface area contributed by atoms with E-state index in [1.807, 2.05) is 55.6 Å². The fourth-order valence-corrected chi connectivity index (χ4v) is 4.33. The number of carbonyl (C=O) groups is 1. The maximum Gasteiger partial charge on any atom is 0.330 e. The Balaban J connectivity index is 1.24. The van der Waals surface area contributed by atoms with Gasteiger partial charge in [-0.1, -0.05) is 0 Å². The lowest BCUT2D eigenvalue weighted by Crippen LogP contribution is -2.46. The van der Waals surface area contributed by atoms with Crippen molar-refractivity contribution in [1.29, 1.82) is 0 Å². The van der Waals surface area contributed by atoms with Gasteiger partial charge in [0.2, 0.25) is 0 Å². The predicted octanol–water partition coefficient (Wildman–Crippen LogP) is 2.25. The molecule has 2 N–H and O–H groups in total. The molecule has 1 aliphatic heterocycles. The number of H-pyrrole nitrogens is 1. The van der Waals surface area contributed by atoms with Gasteiger partial charge in [-0.2, -0.15) is 0 Å². The molecule has 1 saturated heterocycles. The number of amides is 1. The van der Waals surface area contributed by atoms with E-state index in [4.69, 9.17) is 0 Å². The number of rotatable bonds is 5. The lowest BCUT2D eigenvalue weighted by molar-refractivity contribution is 0.0956. The average molecular weight is 431 g/mol. The smallest absolute Gasteiger partial charge is 0.330 e. The van der Waals surface area contributed by atoms with E-state index in [1.165, 1.54) is 0 Å². The first-order chi connectivity index (χ1) is 15.6. The largest absolute Gasteiger partial charge is 0.369 e. The van der Waals surface area contributed by atoms with Crippen LogP contribution in [0.5, 0.6) is 0 Å². The lowest BCUT2D eigenvalue weighted by atomic mass is 10.1. The summed E-state index contributed by atoms with van der Waals surface area (Å²) in [6.07, 6.45) is 3.65. The van der Waals surface area contributed by atoms with E-state index in [1.54, 1.807) is 10.6 Å². The van der Waals surface area contributed by atoms with Gasteiger partial charge in [-0.25, -0.2) is 4.79 Å². The average Bonchev–Trinajstić information content (AvgIpc) is 3.31. The van der Waals surface area contributed by atoms with Crippen molar-refractivity contribution in [1.82, 2.24) is 24.6 Å². The Labute approximate surface area is 185 Å². The molecule has 0 unspecified atom stereocenters. The van der Waals surface area contributed by atoms with E-state index < -0.39 is 0 Å². The van der Waals surface area contributed by atoms with Crippen LogP contribution >= 0.6 is 0 Å². The van der Waals surface area contributed by atoms with Gasteiger partial charge in [-0.05, 0) is 55.0 Å². The molecule has 1 fully saturated rings. The zero-order chi connectivity index (χ0) is 22.1. The van der Waals surface area contributed by atoms with Crippen molar-refractivity contribution < 1.29 is 4.79 Å². The van der Waals surface area contributed by atoms with Gasteiger partial charge < -0.3 is 15.2 Å². The Hall–Kier alpha value is -3.65. The van der Waals surface area contributed by atoms with Gasteiger partial charge in [0, 0.05) is 62.9 Å². The Morgan fingerprint density at radius 3 is 2.66 bits per heavy atom. The zero-order valence-electron chi connectivity index (χ0n) is 18.0. The van der Waals surface area contributed by atoms with Crippen LogP contribution < -0.4 is 15.9 Å². The summed E-state index contributed by atoms with van der Waals surface area (Å²) in [6, 6.07) is 13.6. The van der Waals surface area contributed by atoms with Gasteiger partial charge in [0.25, 0.3) is 5.91 Å². The number of aromatic amines is 1. The van der Waals surface area contributed by atoms with Crippen LogP contribution in [0.1, 0.15) is 22.8 Å². The summed E-state index contributed by atoms with van der Waals surface area (Å²) < 4.78 is 1.58. The highest BCUT2D eigenvalue weighted by Gasteiger charge is 2.18. The number of hydrogen-bond acceptors (Lipinski definition) is 5. The Bertz CT molecular complexity index is 1320. The van der Waals surface area contributed by atoms with Crippen LogP contribution in [0.15, 0.2) is 59.7 Å². The number of pyridine rings is 1. The third-order valence-corrected chi connectivity index (χ3v) is 6.01. The molecule has 0 saturated carbocycles. The number of nitrogens with one attached hydrogen (secondary N) is 2. The zero-order valence-corrected chi connectivity index (χ0v) is 18.0. The van der Waals surface area contributed by atoms with Gasteiger partial charge in [-0.15, -0.1) is 0 Å². The van der Waals surface area contributed by atoms with Crippen molar-refractivity contribution in [2.75, 3.05) is 37.6 Å². The molecular formula is C24H26N6O2. The molecule has 4 aromatic rings. The Morgan fingerprint density at radius 2 is 1.91 bits per heavy atom. The summed E-state index contributed by atoms with van der Waals surface area (Å²) in [5.74, 6) is -0.0353. The molecule has 3 aromatic heterocycles. The minimum Gasteiger partial charge on any atom is -0.369 e. The molecule has 1 aliphatic rings. The van der Waals surface area contributed by atoms with Gasteiger partial charge in [0.05, 0.1) is 11.0 Å². The van der Waals surface area contributed by atoms with Crippen LogP contribution in [0.2, 0.25) is 0 Å². The van der Waals surface area contributed by atoms with Crippen molar-refractivity contribution in [3.8, 4) is 0 Å². The quantitative estimate of drug-likeness (QED) is 0.507. The number of anilines is 1. The van der Waals surface area contributed by atoms with Crippen molar-refractivity contribution in [3.63, 3.8) is 0 Å². The number of hydrogen-bond donors (Lipinski definition) is 2. The molecule has 0 bridgehead atoms. The highest BCUT2D eigenvalue weighted by Crippen LogP contribution is 2.20. The normalized spacial score (nSPS) is 14.8. The molecular weight excluding hydrogens is 404 g/mol. The minimum atomic E-state index is -0.150. The van der Waals surface area contributed by atoms with Crippen LogP contribution in [0.4, 0.5) is 5.69 Å². The molecule has 0 aliphatic carbocycles. The highest BCUT2D eigenvalue weighted by molar-refractivity contribution is 5.94. The second-order valence-corrected chi connectivity index (χ2v) is 8.10. The molecule has 0 radical (unpaired) electrons. The van der Waals surface area contributed by atoms with Crippen LogP contribution in [-0.2, 0) is 6.54 Å². The fourth-order valence-electron chi connectivity index (χ4n) is 4.33. The Kier molecular flexibility index (Phi) is 5.36. The highest BCUT2D eigenvalue weighted by atomic mass is 16.2. The maximum atomic E-state index is 12.3. The first kappa shape index (κ1) is 20.3. The van der Waals surface area contributed by atoms with Crippen molar-refractivity contribution in [3.05, 3.63) is 76.5 Å². The molecule has 1 amide bonds. The van der Waals surface area contributed by atoms with E-state index in [-0.39, 0.29) is 11.6 Å². The first-order valence-electron chi connectivity index (χ1n) is 11.0. The third-order valence-electron chi connectivity index (χ3n) is 6.01. The summed E-state index contributed by atoms with van der Waals surface area (Å²) in [4.78, 5) is 36.5. The summed E-state index contributed by atoms with van der Waals surface area (Å²) in [5, 5.41) is 2.83. The van der Waals surface area contributed by atoms with Gasteiger partial charge in [-0.3, -0.25) is 19.1 Å². The summed E-state index contributed by atoms with van der Waals surface area (Å²) >= 11 is 0. The van der Waals surface area contributed by atoms with E-state index in [0.717, 1.165) is 60.5 Å². The summed E-state index contributed by atoms with van der Waals surface area (Å²) in [6.45, 7) is 7.05. The Morgan fingerprint density at radius 1 is 1.12 bits per heavy atom. The SMILES string of the molecule is CCNC(=O)c1ccc(N2CCN(Cc3cnc4c(c3)[nH]c(=O)n3cccc43)CC2)cc1. The van der Waals surface area contributed by atoms with Crippen molar-refractivity contribution >= 4 is 28.1 Å². The molecule has 32 heavy (non-hydrogen) atoms. The second-order valence-electron chi connectivity index (χ2n) is 8.10. The molecule has 4 heterocycles. The van der Waals surface area contributed by atoms with Crippen LogP contribution in [0.3, 0.4) is 0 Å². The number of carbonyl (C=O) groups excluding carboxylic acids is 1. The molecule has 0 spiro atoms. The van der Waals surface area contributed by atoms with Gasteiger partial charge >= 0.3 is 5.69 Å². The first-order valence-corrected chi connectivity index (χ1v) is 11.0. The monoisotopic (exact) mass is 430 g/mol. The van der Waals surface area contributed by atoms with E-state index in [2.05, 4.69) is 25.1 Å². The molecule has 5 rings (SSSR count). The minimum absolute atomic E-state index is 0.0353. The number of aromatic nitrogens is 3. The summed E-state index contributed by atoms with van der Waals surface area (Å²) in [7, 11) is 0. The second kappa shape index (κ2) is 8.47. The van der Waals surface area contributed by atoms with E-state index in [0.29, 0.717) is 12.1 Å². The lowest BCUT2D eigenvalue weighted by Gasteiger charge is -2.36. The van der Waals surface area contributed by atoms with Gasteiger partial charge in [0.1, 0.15) is 5.52 Å². The maximum absolute atomic E-state index is 12.3. The van der Waals surface area contributed by atoms with E-state index >= 15 is 0 Å². The number of benzene rings is 1. The number of piperazine rings is 1. The van der Waals surface area contributed by atoms with Crippen LogP contribution in [0.25, 0.3) is 16.6 Å². The molecule has 8 heteroatoms. The van der Waals surface area contributed by atoms with Crippen LogP contribution in [0, 0.1) is 0 Å². The predicted molar refractivity (Wildman–Crippen MR) is 125 cm³/mol. The van der Waals surface area contributed by atoms with Crippen LogP contribution in [-0.4, -0.2) is 57.9 Å². The summed E-state index contributed by atoms with van der Waals surface area (Å²) in [5.41, 5.74) is 5.16. The molecule has 8 nitrogen and oxygen atoms in total. The van der Waals surface area contributed by atoms with Gasteiger partial charge in [0.15, 0.2) is 0 Å². The topological polar surface area (TPSA) is 85.7 Å². The molecule has 0 atom stereocenters. The molecule has 164 valence electrons. The fraction of sp³-hybridized carbons (Fsp3) is 0.292. The van der Waals surface area contributed by atoms with Crippen molar-refractivity contribution in [2.45, 2.75) is 13.5 Å².